The van der Waals surface area contributed by atoms with Crippen molar-refractivity contribution in [1.82, 2.24) is 0 Å². The maximum absolute atomic E-state index is 5.69. The van der Waals surface area contributed by atoms with E-state index in [9.17, 15) is 0 Å². The maximum Gasteiger partial charge on any atom is 0.0505 e. The molecule has 132 valence electrons. The summed E-state index contributed by atoms with van der Waals surface area (Å²) in [6.45, 7) is 11.9. The quantitative estimate of drug-likeness (QED) is 0.229. The largest absolute Gasteiger partial charge is 0.396 e. The highest BCUT2D eigenvalue weighted by Gasteiger charge is 1.97. The molecule has 0 aliphatic heterocycles. The Morgan fingerprint density at radius 3 is 2.46 bits per heavy atom. The lowest BCUT2D eigenvalue weighted by atomic mass is 10.0. The monoisotopic (exact) mass is 325 g/mol. The van der Waals surface area contributed by atoms with Crippen molar-refractivity contribution < 1.29 is 0 Å². The van der Waals surface area contributed by atoms with Crippen molar-refractivity contribution >= 4 is 0 Å². The Kier molecular flexibility index (Phi) is 14.6. The lowest BCUT2D eigenvalue weighted by molar-refractivity contribution is 0.603. The van der Waals surface area contributed by atoms with Crippen LogP contribution in [-0.2, 0) is 0 Å². The molecule has 0 aliphatic carbocycles. The average Bonchev–Trinajstić information content (AvgIpc) is 2.59. The standard InChI is InChI=1S/C23H35N/c1-5-8-9-13-18-22(6-2)19-14-11-10-12-16-21(4)17-15-20-23(24)7-3/h6,9-14,16,19,21-22H,2-3,5,8,15,17-18,20,24H2,1,4H3/b11-10+,13-9-,16-12?,19-14+. The molecule has 0 radical (unpaired) electrons. The van der Waals surface area contributed by atoms with Gasteiger partial charge in [-0.1, -0.05) is 81.5 Å². The third-order valence-corrected chi connectivity index (χ3v) is 3.80. The molecule has 1 heteroatoms. The summed E-state index contributed by atoms with van der Waals surface area (Å²) < 4.78 is 0. The van der Waals surface area contributed by atoms with E-state index in [0.29, 0.717) is 11.8 Å². The van der Waals surface area contributed by atoms with Gasteiger partial charge in [0.2, 0.25) is 0 Å². The van der Waals surface area contributed by atoms with Crippen LogP contribution in [-0.4, -0.2) is 0 Å². The molecule has 1 nitrogen and oxygen atoms in total. The van der Waals surface area contributed by atoms with Gasteiger partial charge in [-0.05, 0) is 43.9 Å². The van der Waals surface area contributed by atoms with E-state index in [1.807, 2.05) is 6.08 Å². The van der Waals surface area contributed by atoms with Crippen molar-refractivity contribution in [2.24, 2.45) is 17.6 Å². The summed E-state index contributed by atoms with van der Waals surface area (Å²) in [7, 11) is 0. The van der Waals surface area contributed by atoms with Crippen molar-refractivity contribution in [2.75, 3.05) is 0 Å². The van der Waals surface area contributed by atoms with Crippen LogP contribution in [0.2, 0.25) is 0 Å². The van der Waals surface area contributed by atoms with E-state index in [-0.39, 0.29) is 0 Å². The van der Waals surface area contributed by atoms with E-state index in [2.05, 4.69) is 81.3 Å². The number of allylic oxidation sites excluding steroid dienone is 10. The van der Waals surface area contributed by atoms with Crippen LogP contribution >= 0.6 is 0 Å². The molecule has 0 saturated carbocycles. The van der Waals surface area contributed by atoms with Crippen LogP contribution in [0.5, 0.6) is 0 Å². The molecule has 0 saturated heterocycles. The fraction of sp³-hybridized carbons (Fsp3) is 0.435. The lowest BCUT2D eigenvalue weighted by Gasteiger charge is -2.04. The van der Waals surface area contributed by atoms with E-state index in [1.165, 1.54) is 6.42 Å². The topological polar surface area (TPSA) is 26.0 Å². The molecule has 0 aromatic heterocycles. The van der Waals surface area contributed by atoms with E-state index in [4.69, 9.17) is 5.73 Å². The summed E-state index contributed by atoms with van der Waals surface area (Å²) in [6, 6.07) is 0. The highest BCUT2D eigenvalue weighted by atomic mass is 14.6. The van der Waals surface area contributed by atoms with Crippen molar-refractivity contribution in [3.05, 3.63) is 79.3 Å². The molecule has 0 aromatic rings. The van der Waals surface area contributed by atoms with Crippen LogP contribution in [0.4, 0.5) is 0 Å². The third kappa shape index (κ3) is 13.7. The molecule has 0 rings (SSSR count). The molecule has 2 N–H and O–H groups in total. The SMILES string of the molecule is C=C=C(N)CCCC(C)C=C/C=C/C=C/C(C=C)C/C=C\CCC. The molecule has 2 atom stereocenters. The summed E-state index contributed by atoms with van der Waals surface area (Å²) in [4.78, 5) is 0. The Morgan fingerprint density at radius 2 is 1.83 bits per heavy atom. The minimum absolute atomic E-state index is 0.411. The first kappa shape index (κ1) is 22.0. The highest BCUT2D eigenvalue weighted by molar-refractivity contribution is 5.14. The van der Waals surface area contributed by atoms with Gasteiger partial charge in [0.15, 0.2) is 0 Å². The maximum atomic E-state index is 5.69. The number of unbranched alkanes of at least 4 members (excludes halogenated alkanes) is 1. The van der Waals surface area contributed by atoms with Gasteiger partial charge in [-0.2, -0.15) is 0 Å². The van der Waals surface area contributed by atoms with Gasteiger partial charge in [0.25, 0.3) is 0 Å². The Hall–Kier alpha value is -1.98. The molecule has 24 heavy (non-hydrogen) atoms. The molecule has 0 spiro atoms. The van der Waals surface area contributed by atoms with Gasteiger partial charge in [-0.15, -0.1) is 12.3 Å². The molecule has 0 fully saturated rings. The first-order valence-electron chi connectivity index (χ1n) is 9.07. The predicted octanol–water partition coefficient (Wildman–Crippen LogP) is 6.64. The second-order valence-electron chi connectivity index (χ2n) is 6.12. The summed E-state index contributed by atoms with van der Waals surface area (Å²) >= 11 is 0. The smallest absolute Gasteiger partial charge is 0.0505 e. The van der Waals surface area contributed by atoms with Gasteiger partial charge in [-0.3, -0.25) is 0 Å². The van der Waals surface area contributed by atoms with Crippen molar-refractivity contribution in [1.29, 1.82) is 0 Å². The Balaban J connectivity index is 4.06. The molecule has 0 aromatic carbocycles. The van der Waals surface area contributed by atoms with Gasteiger partial charge >= 0.3 is 0 Å². The Morgan fingerprint density at radius 1 is 1.12 bits per heavy atom. The zero-order valence-corrected chi connectivity index (χ0v) is 15.6. The minimum Gasteiger partial charge on any atom is -0.396 e. The van der Waals surface area contributed by atoms with E-state index < -0.39 is 0 Å². The molecule has 2 unspecified atom stereocenters. The predicted molar refractivity (Wildman–Crippen MR) is 110 cm³/mol. The van der Waals surface area contributed by atoms with E-state index >= 15 is 0 Å². The van der Waals surface area contributed by atoms with Crippen LogP contribution in [0.1, 0.15) is 52.4 Å². The fourth-order valence-corrected chi connectivity index (χ4v) is 2.18. The number of nitrogens with two attached hydrogens (primary N) is 1. The van der Waals surface area contributed by atoms with Gasteiger partial charge in [0, 0.05) is 0 Å². The number of hydrogen-bond acceptors (Lipinski definition) is 1. The van der Waals surface area contributed by atoms with Gasteiger partial charge in [-0.25, -0.2) is 0 Å². The lowest BCUT2D eigenvalue weighted by Crippen LogP contribution is -1.97. The molecule has 0 bridgehead atoms. The fourth-order valence-electron chi connectivity index (χ4n) is 2.18. The summed E-state index contributed by atoms with van der Waals surface area (Å²) in [5.41, 5.74) is 9.19. The van der Waals surface area contributed by atoms with Crippen LogP contribution in [0.3, 0.4) is 0 Å². The first-order valence-corrected chi connectivity index (χ1v) is 9.07. The normalized spacial score (nSPS) is 14.6. The van der Waals surface area contributed by atoms with Crippen molar-refractivity contribution in [3.63, 3.8) is 0 Å². The minimum atomic E-state index is 0.411. The molecular weight excluding hydrogens is 290 g/mol. The van der Waals surface area contributed by atoms with Crippen molar-refractivity contribution in [2.45, 2.75) is 52.4 Å². The van der Waals surface area contributed by atoms with Gasteiger partial charge in [0.1, 0.15) is 0 Å². The second-order valence-corrected chi connectivity index (χ2v) is 6.12. The van der Waals surface area contributed by atoms with Crippen molar-refractivity contribution in [3.8, 4) is 0 Å². The highest BCUT2D eigenvalue weighted by Crippen LogP contribution is 2.11. The third-order valence-electron chi connectivity index (χ3n) is 3.80. The Bertz CT molecular complexity index is 484. The molecule has 0 heterocycles. The Labute approximate surface area is 149 Å². The molecule has 0 amide bonds. The number of hydrogen-bond donors (Lipinski definition) is 1. The van der Waals surface area contributed by atoms with E-state index in [0.717, 1.165) is 37.8 Å². The number of rotatable bonds is 13. The zero-order valence-electron chi connectivity index (χ0n) is 15.6. The summed E-state index contributed by atoms with van der Waals surface area (Å²) in [6.07, 6.45) is 25.8. The zero-order chi connectivity index (χ0) is 18.0. The average molecular weight is 326 g/mol. The van der Waals surface area contributed by atoms with Gasteiger partial charge in [0.05, 0.1) is 5.70 Å². The van der Waals surface area contributed by atoms with Crippen LogP contribution in [0.25, 0.3) is 0 Å². The molecule has 0 aliphatic rings. The molecular formula is C23H35N. The summed E-state index contributed by atoms with van der Waals surface area (Å²) in [5.74, 6) is 0.968. The van der Waals surface area contributed by atoms with Crippen LogP contribution in [0.15, 0.2) is 79.3 Å². The second kappa shape index (κ2) is 15.9. The first-order chi connectivity index (χ1) is 11.6. The van der Waals surface area contributed by atoms with E-state index in [1.54, 1.807) is 0 Å². The van der Waals surface area contributed by atoms with Crippen LogP contribution < -0.4 is 5.73 Å². The van der Waals surface area contributed by atoms with Crippen LogP contribution in [0, 0.1) is 11.8 Å². The summed E-state index contributed by atoms with van der Waals surface area (Å²) in [5, 5.41) is 0. The van der Waals surface area contributed by atoms with Gasteiger partial charge < -0.3 is 5.73 Å².